The second-order valence-electron chi connectivity index (χ2n) is 11.0. The van der Waals surface area contributed by atoms with E-state index >= 15 is 0 Å². The Morgan fingerprint density at radius 1 is 1.03 bits per heavy atom. The molecule has 2 aromatic carbocycles. The highest BCUT2D eigenvalue weighted by atomic mass is 32.2. The van der Waals surface area contributed by atoms with E-state index in [9.17, 15) is 23.1 Å². The lowest BCUT2D eigenvalue weighted by Crippen LogP contribution is -2.54. The van der Waals surface area contributed by atoms with Crippen molar-refractivity contribution in [3.63, 3.8) is 0 Å². The Bertz CT molecular complexity index is 1310. The van der Waals surface area contributed by atoms with E-state index in [2.05, 4.69) is 10.7 Å². The summed E-state index contributed by atoms with van der Waals surface area (Å²) in [6.07, 6.45) is 5.72. The van der Waals surface area contributed by atoms with Gasteiger partial charge in [-0.25, -0.2) is 0 Å². The van der Waals surface area contributed by atoms with E-state index in [1.54, 1.807) is 30.3 Å². The number of carboxylic acid groups (broad SMARTS) is 1. The van der Waals surface area contributed by atoms with E-state index in [0.29, 0.717) is 23.3 Å². The molecule has 11 heteroatoms. The molecule has 1 atom stereocenters. The minimum Gasteiger partial charge on any atom is -0.481 e. The van der Waals surface area contributed by atoms with Crippen molar-refractivity contribution in [2.75, 3.05) is 4.41 Å². The topological polar surface area (TPSA) is 166 Å². The number of anilines is 1. The lowest BCUT2D eigenvalue weighted by atomic mass is 9.49. The average Bonchev–Trinajstić information content (AvgIpc) is 2.86. The van der Waals surface area contributed by atoms with Crippen LogP contribution in [-0.2, 0) is 19.6 Å². The normalized spacial score (nSPS) is 26.4. The number of nitrogens with two attached hydrogens (primary N) is 1. The van der Waals surface area contributed by atoms with Gasteiger partial charge in [0, 0.05) is 5.41 Å². The zero-order valence-electron chi connectivity index (χ0n) is 21.0. The molecule has 6 rings (SSSR count). The van der Waals surface area contributed by atoms with Gasteiger partial charge in [0.1, 0.15) is 0 Å². The van der Waals surface area contributed by atoms with Crippen LogP contribution in [0.25, 0.3) is 0 Å². The number of nitrogens with zero attached hydrogens (tertiary/aromatic N) is 1. The average molecular weight is 540 g/mol. The summed E-state index contributed by atoms with van der Waals surface area (Å²) in [4.78, 5) is 25.5. The van der Waals surface area contributed by atoms with Crippen molar-refractivity contribution in [3.8, 4) is 0 Å². The Morgan fingerprint density at radius 3 is 2.18 bits per heavy atom. The molecule has 202 valence electrons. The summed E-state index contributed by atoms with van der Waals surface area (Å²) in [7, 11) is -4.17. The lowest BCUT2D eigenvalue weighted by Gasteiger charge is -2.55. The summed E-state index contributed by atoms with van der Waals surface area (Å²) in [5, 5.41) is 20.3. The number of hydrazine groups is 1. The minimum atomic E-state index is -4.17. The van der Waals surface area contributed by atoms with Crippen molar-refractivity contribution in [2.45, 2.75) is 55.9 Å². The summed E-state index contributed by atoms with van der Waals surface area (Å²) in [6.45, 7) is 0. The molecule has 6 N–H and O–H groups in total. The number of carbonyl (C=O) groups excluding carboxylic acids is 1. The number of guanidine groups is 1. The number of hydrogen-bond donors (Lipinski definition) is 5. The van der Waals surface area contributed by atoms with Crippen molar-refractivity contribution in [1.29, 1.82) is 5.41 Å². The number of rotatable bonds is 9. The van der Waals surface area contributed by atoms with Gasteiger partial charge in [0.2, 0.25) is 11.9 Å². The summed E-state index contributed by atoms with van der Waals surface area (Å²) < 4.78 is 27.6. The van der Waals surface area contributed by atoms with Crippen LogP contribution >= 0.6 is 0 Å². The first-order chi connectivity index (χ1) is 18.1. The lowest BCUT2D eigenvalue weighted by molar-refractivity contribution is -0.147. The van der Waals surface area contributed by atoms with E-state index in [4.69, 9.17) is 11.1 Å². The predicted octanol–water partition coefficient (Wildman–Crippen LogP) is 3.13. The van der Waals surface area contributed by atoms with Crippen LogP contribution in [0.2, 0.25) is 0 Å². The molecule has 0 radical (unpaired) electrons. The molecular weight excluding hydrogens is 506 g/mol. The van der Waals surface area contributed by atoms with Crippen LogP contribution in [0.3, 0.4) is 0 Å². The zero-order valence-corrected chi connectivity index (χ0v) is 21.8. The number of carboxylic acids is 1. The van der Waals surface area contributed by atoms with Crippen molar-refractivity contribution in [1.82, 2.24) is 10.7 Å². The van der Waals surface area contributed by atoms with Gasteiger partial charge in [0.05, 0.1) is 23.0 Å². The van der Waals surface area contributed by atoms with Gasteiger partial charge in [-0.3, -0.25) is 20.4 Å². The standard InChI is InChI=1S/C27H33N5O5S/c28-26(29)31-32(38(36,37)22-7-2-1-3-8-22)21-6-4-5-20(12-21)23(13-24(33)34)30-25(35)27-14-17-9-18(15-27)11-19(10-17)16-27/h1-8,12,17-19,23H,9-11,13-16H2,(H,30,35)(H,33,34)(H4,28,29,31). The number of benzene rings is 2. The summed E-state index contributed by atoms with van der Waals surface area (Å²) >= 11 is 0. The number of aliphatic carboxylic acids is 1. The molecule has 1 unspecified atom stereocenters. The van der Waals surface area contributed by atoms with Gasteiger partial charge in [0.25, 0.3) is 10.0 Å². The van der Waals surface area contributed by atoms with Crippen molar-refractivity contribution >= 4 is 33.5 Å². The smallest absolute Gasteiger partial charge is 0.305 e. The fourth-order valence-corrected chi connectivity index (χ4v) is 8.39. The predicted molar refractivity (Wildman–Crippen MR) is 141 cm³/mol. The van der Waals surface area contributed by atoms with Gasteiger partial charge in [-0.15, -0.1) is 0 Å². The second kappa shape index (κ2) is 9.94. The second-order valence-corrected chi connectivity index (χ2v) is 12.8. The number of hydrogen-bond acceptors (Lipinski definition) is 5. The molecule has 4 saturated carbocycles. The summed E-state index contributed by atoms with van der Waals surface area (Å²) in [6, 6.07) is 13.1. The molecule has 0 saturated heterocycles. The van der Waals surface area contributed by atoms with Crippen LogP contribution in [0, 0.1) is 28.6 Å². The third kappa shape index (κ3) is 5.07. The molecule has 0 heterocycles. The molecule has 4 aliphatic carbocycles. The van der Waals surface area contributed by atoms with E-state index < -0.39 is 33.4 Å². The largest absolute Gasteiger partial charge is 0.481 e. The van der Waals surface area contributed by atoms with E-state index in [1.165, 1.54) is 43.5 Å². The highest BCUT2D eigenvalue weighted by molar-refractivity contribution is 7.92. The maximum Gasteiger partial charge on any atom is 0.305 e. The fraction of sp³-hybridized carbons (Fsp3) is 0.444. The maximum absolute atomic E-state index is 13.7. The molecule has 0 aliphatic heterocycles. The fourth-order valence-electron chi connectivity index (χ4n) is 7.07. The molecular formula is C27H33N5O5S. The maximum atomic E-state index is 13.7. The van der Waals surface area contributed by atoms with Gasteiger partial charge in [-0.05, 0) is 86.1 Å². The van der Waals surface area contributed by atoms with Crippen LogP contribution in [0.4, 0.5) is 5.69 Å². The van der Waals surface area contributed by atoms with Crippen LogP contribution in [0.15, 0.2) is 59.5 Å². The van der Waals surface area contributed by atoms with Gasteiger partial charge in [-0.2, -0.15) is 12.8 Å². The monoisotopic (exact) mass is 539 g/mol. The Kier molecular flexibility index (Phi) is 6.81. The van der Waals surface area contributed by atoms with Gasteiger partial charge >= 0.3 is 5.97 Å². The van der Waals surface area contributed by atoms with Gasteiger partial charge in [-0.1, -0.05) is 30.3 Å². The number of sulfonamides is 1. The van der Waals surface area contributed by atoms with E-state index in [-0.39, 0.29) is 22.9 Å². The van der Waals surface area contributed by atoms with Crippen LogP contribution < -0.4 is 20.9 Å². The summed E-state index contributed by atoms with van der Waals surface area (Å²) in [5.41, 5.74) is 8.00. The van der Waals surface area contributed by atoms with Gasteiger partial charge in [0.15, 0.2) is 0 Å². The number of carbonyl (C=O) groups is 2. The highest BCUT2D eigenvalue weighted by Crippen LogP contribution is 2.60. The van der Waals surface area contributed by atoms with E-state index in [0.717, 1.165) is 23.7 Å². The third-order valence-corrected chi connectivity index (χ3v) is 9.87. The molecule has 4 bridgehead atoms. The van der Waals surface area contributed by atoms with E-state index in [1.807, 2.05) is 0 Å². The number of nitrogens with one attached hydrogen (secondary N) is 3. The molecule has 0 aromatic heterocycles. The Hall–Kier alpha value is -3.60. The first-order valence-corrected chi connectivity index (χ1v) is 14.3. The molecule has 10 nitrogen and oxygen atoms in total. The Morgan fingerprint density at radius 2 is 1.63 bits per heavy atom. The molecule has 4 aliphatic rings. The van der Waals surface area contributed by atoms with Crippen molar-refractivity contribution in [3.05, 3.63) is 60.2 Å². The van der Waals surface area contributed by atoms with Crippen LogP contribution in [-0.4, -0.2) is 31.4 Å². The SMILES string of the molecule is N=C(N)NN(c1cccc(C(CC(=O)O)NC(=O)C23CC4CC(CC(C4)C2)C3)c1)S(=O)(=O)c1ccccc1. The number of amides is 1. The molecule has 2 aromatic rings. The van der Waals surface area contributed by atoms with Crippen molar-refractivity contribution < 1.29 is 23.1 Å². The molecule has 1 amide bonds. The van der Waals surface area contributed by atoms with Crippen LogP contribution in [0.5, 0.6) is 0 Å². The Labute approximate surface area is 222 Å². The zero-order chi connectivity index (χ0) is 27.1. The first kappa shape index (κ1) is 26.0. The molecule has 0 spiro atoms. The minimum absolute atomic E-state index is 0.0173. The quantitative estimate of drug-likeness (QED) is 0.185. The highest BCUT2D eigenvalue weighted by Gasteiger charge is 2.54. The molecule has 4 fully saturated rings. The first-order valence-electron chi connectivity index (χ1n) is 12.9. The van der Waals surface area contributed by atoms with Crippen molar-refractivity contribution in [2.24, 2.45) is 28.9 Å². The van der Waals surface area contributed by atoms with Gasteiger partial charge < -0.3 is 16.2 Å². The molecule has 38 heavy (non-hydrogen) atoms. The third-order valence-electron chi connectivity index (χ3n) is 8.21. The summed E-state index contributed by atoms with van der Waals surface area (Å²) in [5.74, 6) is -0.106. The Balaban J connectivity index is 1.45. The van der Waals surface area contributed by atoms with Crippen LogP contribution in [0.1, 0.15) is 56.6 Å².